The number of rotatable bonds is 3. The molecule has 0 spiro atoms. The highest BCUT2D eigenvalue weighted by Crippen LogP contribution is 2.27. The summed E-state index contributed by atoms with van der Waals surface area (Å²) in [6.45, 7) is 2.88. The maximum absolute atomic E-state index is 5.83. The van der Waals surface area contributed by atoms with Crippen LogP contribution in [0.15, 0.2) is 27.3 Å². The van der Waals surface area contributed by atoms with Gasteiger partial charge in [-0.3, -0.25) is 0 Å². The molecule has 2 aromatic heterocycles. The molecule has 0 saturated heterocycles. The Hall–Kier alpha value is -0.100. The average Bonchev–Trinajstić information content (AvgIpc) is 2.60. The molecule has 2 aromatic rings. The fraction of sp³-hybridized carbons (Fsp3) is 0.182. The van der Waals surface area contributed by atoms with Crippen molar-refractivity contribution in [3.8, 4) is 0 Å². The fourth-order valence-corrected chi connectivity index (χ4v) is 3.31. The summed E-state index contributed by atoms with van der Waals surface area (Å²) in [6, 6.07) is 4.05. The number of hydrogen-bond acceptors (Lipinski definition) is 3. The Labute approximate surface area is 126 Å². The van der Waals surface area contributed by atoms with Crippen molar-refractivity contribution in [3.05, 3.63) is 42.2 Å². The van der Waals surface area contributed by atoms with Crippen LogP contribution < -0.4 is 5.32 Å². The first-order valence-electron chi connectivity index (χ1n) is 4.86. The van der Waals surface area contributed by atoms with E-state index < -0.39 is 0 Å². The van der Waals surface area contributed by atoms with E-state index in [2.05, 4.69) is 55.2 Å². The Morgan fingerprint density at radius 1 is 1.35 bits per heavy atom. The van der Waals surface area contributed by atoms with Crippen LogP contribution in [0.3, 0.4) is 0 Å². The second kappa shape index (κ2) is 5.69. The van der Waals surface area contributed by atoms with E-state index in [1.165, 1.54) is 9.75 Å². The number of anilines is 1. The Morgan fingerprint density at radius 3 is 2.71 bits per heavy atom. The monoisotopic (exact) mass is 394 g/mol. The lowest BCUT2D eigenvalue weighted by molar-refractivity contribution is 1.17. The molecule has 0 bridgehead atoms. The molecule has 0 saturated carbocycles. The van der Waals surface area contributed by atoms with Crippen LogP contribution in [0.25, 0.3) is 0 Å². The summed E-state index contributed by atoms with van der Waals surface area (Å²) in [7, 11) is 0. The summed E-state index contributed by atoms with van der Waals surface area (Å²) >= 11 is 14.5. The van der Waals surface area contributed by atoms with Crippen LogP contribution in [0.2, 0.25) is 5.15 Å². The average molecular weight is 397 g/mol. The molecule has 1 N–H and O–H groups in total. The summed E-state index contributed by atoms with van der Waals surface area (Å²) in [5.41, 5.74) is 0.948. The molecular formula is C11H9Br2ClN2S. The Balaban J connectivity index is 2.04. The molecule has 0 fully saturated rings. The molecule has 6 heteroatoms. The zero-order valence-electron chi connectivity index (χ0n) is 8.93. The quantitative estimate of drug-likeness (QED) is 0.718. The number of hydrogen-bond donors (Lipinski definition) is 1. The standard InChI is InChI=1S/C11H9Br2ClN2S/c1-6-9(12)3-8(17-6)5-15-7-2-10(13)11(14)16-4-7/h2-4,15H,5H2,1H3. The normalized spacial score (nSPS) is 10.6. The van der Waals surface area contributed by atoms with Crippen molar-refractivity contribution in [2.75, 3.05) is 5.32 Å². The first kappa shape index (κ1) is 13.3. The molecule has 0 aliphatic rings. The van der Waals surface area contributed by atoms with Gasteiger partial charge in [-0.2, -0.15) is 0 Å². The van der Waals surface area contributed by atoms with Gasteiger partial charge in [0.05, 0.1) is 16.4 Å². The number of halogens is 3. The van der Waals surface area contributed by atoms with Gasteiger partial charge in [0.2, 0.25) is 0 Å². The number of pyridine rings is 1. The van der Waals surface area contributed by atoms with Crippen LogP contribution in [-0.2, 0) is 6.54 Å². The third kappa shape index (κ3) is 3.44. The van der Waals surface area contributed by atoms with E-state index in [-0.39, 0.29) is 0 Å². The van der Waals surface area contributed by atoms with Gasteiger partial charge in [0.15, 0.2) is 0 Å². The fourth-order valence-electron chi connectivity index (χ4n) is 1.31. The highest BCUT2D eigenvalue weighted by atomic mass is 79.9. The van der Waals surface area contributed by atoms with Crippen molar-refractivity contribution >= 4 is 60.5 Å². The topological polar surface area (TPSA) is 24.9 Å². The summed E-state index contributed by atoms with van der Waals surface area (Å²) in [5, 5.41) is 3.79. The summed E-state index contributed by atoms with van der Waals surface area (Å²) in [4.78, 5) is 6.63. The molecule has 2 rings (SSSR count). The van der Waals surface area contributed by atoms with Gasteiger partial charge < -0.3 is 5.32 Å². The third-order valence-electron chi connectivity index (χ3n) is 2.17. The Kier molecular flexibility index (Phi) is 4.47. The SMILES string of the molecule is Cc1sc(CNc2cnc(Cl)c(Br)c2)cc1Br. The number of nitrogens with zero attached hydrogens (tertiary/aromatic N) is 1. The zero-order valence-corrected chi connectivity index (χ0v) is 13.7. The van der Waals surface area contributed by atoms with E-state index in [0.29, 0.717) is 5.15 Å². The molecule has 0 radical (unpaired) electrons. The van der Waals surface area contributed by atoms with Crippen molar-refractivity contribution in [1.29, 1.82) is 0 Å². The molecule has 0 unspecified atom stereocenters. The predicted octanol–water partition coefficient (Wildman–Crippen LogP) is 5.24. The van der Waals surface area contributed by atoms with Crippen molar-refractivity contribution in [1.82, 2.24) is 4.98 Å². The van der Waals surface area contributed by atoms with E-state index in [4.69, 9.17) is 11.6 Å². The first-order valence-corrected chi connectivity index (χ1v) is 7.64. The molecule has 0 atom stereocenters. The van der Waals surface area contributed by atoms with Gasteiger partial charge in [-0.25, -0.2) is 4.98 Å². The maximum Gasteiger partial charge on any atom is 0.143 e. The van der Waals surface area contributed by atoms with Crippen LogP contribution in [-0.4, -0.2) is 4.98 Å². The maximum atomic E-state index is 5.83. The summed E-state index contributed by atoms with van der Waals surface area (Å²) in [6.07, 6.45) is 1.72. The molecule has 2 heterocycles. The van der Waals surface area contributed by atoms with Crippen LogP contribution in [0.5, 0.6) is 0 Å². The molecule has 2 nitrogen and oxygen atoms in total. The second-order valence-corrected chi connectivity index (χ2v) is 6.87. The minimum atomic E-state index is 0.477. The van der Waals surface area contributed by atoms with E-state index in [9.17, 15) is 0 Å². The molecule has 0 amide bonds. The van der Waals surface area contributed by atoms with Gasteiger partial charge in [0.25, 0.3) is 0 Å². The lowest BCUT2D eigenvalue weighted by atomic mass is 10.4. The highest BCUT2D eigenvalue weighted by molar-refractivity contribution is 9.10. The Bertz CT molecular complexity index is 523. The molecular weight excluding hydrogens is 387 g/mol. The second-order valence-electron chi connectivity index (χ2n) is 3.47. The van der Waals surface area contributed by atoms with E-state index in [0.717, 1.165) is 21.2 Å². The van der Waals surface area contributed by atoms with Crippen molar-refractivity contribution in [3.63, 3.8) is 0 Å². The van der Waals surface area contributed by atoms with Gasteiger partial charge >= 0.3 is 0 Å². The van der Waals surface area contributed by atoms with Gasteiger partial charge in [0.1, 0.15) is 5.15 Å². The van der Waals surface area contributed by atoms with Gasteiger partial charge in [0, 0.05) is 20.8 Å². The molecule has 17 heavy (non-hydrogen) atoms. The lowest BCUT2D eigenvalue weighted by Crippen LogP contribution is -1.97. The van der Waals surface area contributed by atoms with Crippen molar-refractivity contribution in [2.24, 2.45) is 0 Å². The number of aromatic nitrogens is 1. The lowest BCUT2D eigenvalue weighted by Gasteiger charge is -2.05. The summed E-state index contributed by atoms with van der Waals surface area (Å²) < 4.78 is 1.96. The minimum absolute atomic E-state index is 0.477. The summed E-state index contributed by atoms with van der Waals surface area (Å²) in [5.74, 6) is 0. The van der Waals surface area contributed by atoms with E-state index >= 15 is 0 Å². The number of aryl methyl sites for hydroxylation is 1. The number of nitrogens with one attached hydrogen (secondary N) is 1. The first-order chi connectivity index (χ1) is 8.06. The predicted molar refractivity (Wildman–Crippen MR) is 81.0 cm³/mol. The van der Waals surface area contributed by atoms with Crippen LogP contribution in [0, 0.1) is 6.92 Å². The minimum Gasteiger partial charge on any atom is -0.379 e. The van der Waals surface area contributed by atoms with Crippen molar-refractivity contribution < 1.29 is 0 Å². The Morgan fingerprint density at radius 2 is 2.12 bits per heavy atom. The zero-order chi connectivity index (χ0) is 12.4. The van der Waals surface area contributed by atoms with Gasteiger partial charge in [-0.1, -0.05) is 11.6 Å². The van der Waals surface area contributed by atoms with Crippen LogP contribution in [0.1, 0.15) is 9.75 Å². The molecule has 90 valence electrons. The van der Waals surface area contributed by atoms with Gasteiger partial charge in [-0.05, 0) is 50.9 Å². The molecule has 0 aliphatic heterocycles. The van der Waals surface area contributed by atoms with E-state index in [1.54, 1.807) is 17.5 Å². The van der Waals surface area contributed by atoms with Crippen LogP contribution in [0.4, 0.5) is 5.69 Å². The number of thiophene rings is 1. The largest absolute Gasteiger partial charge is 0.379 e. The highest BCUT2D eigenvalue weighted by Gasteiger charge is 2.04. The van der Waals surface area contributed by atoms with Crippen LogP contribution >= 0.6 is 54.8 Å². The van der Waals surface area contributed by atoms with Crippen molar-refractivity contribution in [2.45, 2.75) is 13.5 Å². The third-order valence-corrected chi connectivity index (χ3v) is 5.44. The smallest absolute Gasteiger partial charge is 0.143 e. The van der Waals surface area contributed by atoms with E-state index in [1.807, 2.05) is 6.07 Å². The molecule has 0 aliphatic carbocycles. The molecule has 0 aromatic carbocycles. The van der Waals surface area contributed by atoms with Gasteiger partial charge in [-0.15, -0.1) is 11.3 Å².